The fraction of sp³-hybridized carbons (Fsp3) is 0.545. The van der Waals surface area contributed by atoms with Crippen LogP contribution in [0.15, 0.2) is 12.3 Å². The van der Waals surface area contributed by atoms with E-state index in [4.69, 9.17) is 4.74 Å². The molecule has 0 unspecified atom stereocenters. The lowest BCUT2D eigenvalue weighted by molar-refractivity contribution is 0.326. The van der Waals surface area contributed by atoms with Crippen molar-refractivity contribution in [2.45, 2.75) is 33.6 Å². The molecule has 0 saturated carbocycles. The summed E-state index contributed by atoms with van der Waals surface area (Å²) in [6.07, 6.45) is 1.91. The van der Waals surface area contributed by atoms with E-state index in [-0.39, 0.29) is 0 Å². The van der Waals surface area contributed by atoms with Gasteiger partial charge in [0.15, 0.2) is 0 Å². The van der Waals surface area contributed by atoms with E-state index in [0.717, 1.165) is 5.88 Å². The molecule has 0 aromatic carbocycles. The molecule has 0 radical (unpaired) electrons. The molecular weight excluding hydrogens is 162 g/mol. The average molecular weight is 179 g/mol. The van der Waals surface area contributed by atoms with Crippen molar-refractivity contribution in [2.75, 3.05) is 6.61 Å². The molecule has 0 N–H and O–H groups in total. The van der Waals surface area contributed by atoms with Gasteiger partial charge in [-0.05, 0) is 30.9 Å². The fourth-order valence-electron chi connectivity index (χ4n) is 1.37. The van der Waals surface area contributed by atoms with Crippen molar-refractivity contribution in [3.05, 3.63) is 23.4 Å². The molecule has 0 atom stereocenters. The van der Waals surface area contributed by atoms with Gasteiger partial charge in [-0.15, -0.1) is 0 Å². The normalized spacial score (nSPS) is 10.5. The molecule has 13 heavy (non-hydrogen) atoms. The molecular formula is C11H17NO. The van der Waals surface area contributed by atoms with Crippen LogP contribution in [0.4, 0.5) is 0 Å². The smallest absolute Gasteiger partial charge is 0.213 e. The molecule has 0 aliphatic rings. The van der Waals surface area contributed by atoms with Crippen molar-refractivity contribution in [3.63, 3.8) is 0 Å². The number of ether oxygens (including phenoxy) is 1. The third-order valence-corrected chi connectivity index (χ3v) is 2.04. The number of rotatable bonds is 3. The van der Waals surface area contributed by atoms with Gasteiger partial charge in [-0.2, -0.15) is 0 Å². The molecule has 1 aromatic rings. The molecule has 1 heterocycles. The summed E-state index contributed by atoms with van der Waals surface area (Å²) in [5.74, 6) is 1.26. The zero-order valence-corrected chi connectivity index (χ0v) is 8.79. The minimum Gasteiger partial charge on any atom is -0.478 e. The lowest BCUT2D eigenvalue weighted by atomic mass is 10.0. The summed E-state index contributed by atoms with van der Waals surface area (Å²) >= 11 is 0. The van der Waals surface area contributed by atoms with Crippen LogP contribution in [-0.2, 0) is 0 Å². The van der Waals surface area contributed by atoms with Crippen LogP contribution in [0.2, 0.25) is 0 Å². The SMILES string of the molecule is CCOc1cc(C)c(C(C)C)cn1. The Bertz CT molecular complexity index is 281. The van der Waals surface area contributed by atoms with Crippen LogP contribution >= 0.6 is 0 Å². The van der Waals surface area contributed by atoms with E-state index in [2.05, 4.69) is 25.8 Å². The monoisotopic (exact) mass is 179 g/mol. The van der Waals surface area contributed by atoms with Gasteiger partial charge in [-0.25, -0.2) is 4.98 Å². The van der Waals surface area contributed by atoms with Crippen LogP contribution in [0.25, 0.3) is 0 Å². The van der Waals surface area contributed by atoms with E-state index in [1.54, 1.807) is 0 Å². The third kappa shape index (κ3) is 2.44. The second-order valence-corrected chi connectivity index (χ2v) is 3.47. The quantitative estimate of drug-likeness (QED) is 0.711. The Morgan fingerprint density at radius 3 is 2.62 bits per heavy atom. The summed E-state index contributed by atoms with van der Waals surface area (Å²) in [7, 11) is 0. The first-order valence-electron chi connectivity index (χ1n) is 4.74. The second-order valence-electron chi connectivity index (χ2n) is 3.47. The van der Waals surface area contributed by atoms with Crippen molar-refractivity contribution >= 4 is 0 Å². The predicted octanol–water partition coefficient (Wildman–Crippen LogP) is 2.91. The lowest BCUT2D eigenvalue weighted by Crippen LogP contribution is -1.98. The highest BCUT2D eigenvalue weighted by molar-refractivity contribution is 5.30. The van der Waals surface area contributed by atoms with Crippen LogP contribution < -0.4 is 4.74 Å². The zero-order valence-electron chi connectivity index (χ0n) is 8.79. The van der Waals surface area contributed by atoms with Crippen molar-refractivity contribution in [1.82, 2.24) is 4.98 Å². The minimum absolute atomic E-state index is 0.531. The maximum absolute atomic E-state index is 5.31. The molecule has 2 heteroatoms. The molecule has 0 bridgehead atoms. The summed E-state index contributed by atoms with van der Waals surface area (Å²) < 4.78 is 5.31. The summed E-state index contributed by atoms with van der Waals surface area (Å²) in [6, 6.07) is 2.00. The minimum atomic E-state index is 0.531. The highest BCUT2D eigenvalue weighted by Crippen LogP contribution is 2.20. The first-order chi connectivity index (χ1) is 6.15. The van der Waals surface area contributed by atoms with Gasteiger partial charge in [-0.3, -0.25) is 0 Å². The first-order valence-corrected chi connectivity index (χ1v) is 4.74. The Morgan fingerprint density at radius 2 is 2.15 bits per heavy atom. The topological polar surface area (TPSA) is 22.1 Å². The summed E-state index contributed by atoms with van der Waals surface area (Å²) in [6.45, 7) is 9.08. The van der Waals surface area contributed by atoms with Crippen molar-refractivity contribution < 1.29 is 4.74 Å². The van der Waals surface area contributed by atoms with Gasteiger partial charge in [0.25, 0.3) is 0 Å². The van der Waals surface area contributed by atoms with E-state index >= 15 is 0 Å². The maximum Gasteiger partial charge on any atom is 0.213 e. The van der Waals surface area contributed by atoms with E-state index in [1.807, 2.05) is 19.2 Å². The van der Waals surface area contributed by atoms with Gasteiger partial charge >= 0.3 is 0 Å². The Kier molecular flexibility index (Phi) is 3.29. The highest BCUT2D eigenvalue weighted by Gasteiger charge is 2.04. The number of nitrogens with zero attached hydrogens (tertiary/aromatic N) is 1. The molecule has 0 amide bonds. The average Bonchev–Trinajstić information content (AvgIpc) is 2.04. The van der Waals surface area contributed by atoms with Crippen molar-refractivity contribution in [3.8, 4) is 5.88 Å². The molecule has 72 valence electrons. The number of hydrogen-bond donors (Lipinski definition) is 0. The largest absolute Gasteiger partial charge is 0.478 e. The molecule has 0 aliphatic carbocycles. The Morgan fingerprint density at radius 1 is 1.46 bits per heavy atom. The predicted molar refractivity (Wildman–Crippen MR) is 54.2 cm³/mol. The van der Waals surface area contributed by atoms with Crippen molar-refractivity contribution in [1.29, 1.82) is 0 Å². The molecule has 0 spiro atoms. The molecule has 0 aliphatic heterocycles. The lowest BCUT2D eigenvalue weighted by Gasteiger charge is -2.10. The van der Waals surface area contributed by atoms with Gasteiger partial charge < -0.3 is 4.74 Å². The fourth-order valence-corrected chi connectivity index (χ4v) is 1.37. The van der Waals surface area contributed by atoms with E-state index in [0.29, 0.717) is 12.5 Å². The third-order valence-electron chi connectivity index (χ3n) is 2.04. The number of aromatic nitrogens is 1. The molecule has 2 nitrogen and oxygen atoms in total. The van der Waals surface area contributed by atoms with Crippen molar-refractivity contribution in [2.24, 2.45) is 0 Å². The van der Waals surface area contributed by atoms with Gasteiger partial charge in [0.05, 0.1) is 6.61 Å². The Labute approximate surface area is 80.0 Å². The molecule has 0 fully saturated rings. The number of aryl methyl sites for hydroxylation is 1. The first kappa shape index (κ1) is 10.0. The van der Waals surface area contributed by atoms with E-state index in [9.17, 15) is 0 Å². The van der Waals surface area contributed by atoms with Gasteiger partial charge in [-0.1, -0.05) is 13.8 Å². The summed E-state index contributed by atoms with van der Waals surface area (Å²) in [4.78, 5) is 4.23. The van der Waals surface area contributed by atoms with Crippen LogP contribution in [0, 0.1) is 6.92 Å². The van der Waals surface area contributed by atoms with E-state index in [1.165, 1.54) is 11.1 Å². The van der Waals surface area contributed by atoms with Gasteiger partial charge in [0, 0.05) is 12.3 Å². The molecule has 0 saturated heterocycles. The summed E-state index contributed by atoms with van der Waals surface area (Å²) in [5.41, 5.74) is 2.55. The van der Waals surface area contributed by atoms with Gasteiger partial charge in [0.1, 0.15) is 0 Å². The number of hydrogen-bond acceptors (Lipinski definition) is 2. The zero-order chi connectivity index (χ0) is 9.84. The Hall–Kier alpha value is -1.05. The standard InChI is InChI=1S/C11H17NO/c1-5-13-11-6-9(4)10(7-12-11)8(2)3/h6-8H,5H2,1-4H3. The molecule has 1 rings (SSSR count). The van der Waals surface area contributed by atoms with Gasteiger partial charge in [0.2, 0.25) is 5.88 Å². The molecule has 1 aromatic heterocycles. The summed E-state index contributed by atoms with van der Waals surface area (Å²) in [5, 5.41) is 0. The van der Waals surface area contributed by atoms with Crippen LogP contribution in [0.1, 0.15) is 37.8 Å². The highest BCUT2D eigenvalue weighted by atomic mass is 16.5. The second kappa shape index (κ2) is 4.26. The van der Waals surface area contributed by atoms with Crippen LogP contribution in [0.3, 0.4) is 0 Å². The van der Waals surface area contributed by atoms with Crippen LogP contribution in [-0.4, -0.2) is 11.6 Å². The number of pyridine rings is 1. The maximum atomic E-state index is 5.31. The Balaban J connectivity index is 2.92. The van der Waals surface area contributed by atoms with E-state index < -0.39 is 0 Å². The van der Waals surface area contributed by atoms with Crippen LogP contribution in [0.5, 0.6) is 5.88 Å².